The van der Waals surface area contributed by atoms with E-state index in [0.29, 0.717) is 13.2 Å². The minimum Gasteiger partial charge on any atom is -0.379 e. The van der Waals surface area contributed by atoms with E-state index in [-0.39, 0.29) is 23.6 Å². The first-order chi connectivity index (χ1) is 12.2. The van der Waals surface area contributed by atoms with Crippen LogP contribution in [-0.2, 0) is 4.74 Å². The highest BCUT2D eigenvalue weighted by atomic mass is 19.1. The molecule has 1 aliphatic heterocycles. The summed E-state index contributed by atoms with van der Waals surface area (Å²) in [6, 6.07) is 16.0. The zero-order valence-electron chi connectivity index (χ0n) is 14.3. The van der Waals surface area contributed by atoms with Crippen LogP contribution in [0.5, 0.6) is 0 Å². The predicted octanol–water partition coefficient (Wildman–Crippen LogP) is 3.02. The molecule has 1 saturated heterocycles. The first-order valence-electron chi connectivity index (χ1n) is 8.59. The number of carbonyl (C=O) groups excluding carboxylic acids is 1. The average Bonchev–Trinajstić information content (AvgIpc) is 2.64. The zero-order valence-corrected chi connectivity index (χ0v) is 14.3. The van der Waals surface area contributed by atoms with Crippen LogP contribution >= 0.6 is 0 Å². The molecule has 2 aromatic carbocycles. The Morgan fingerprint density at radius 1 is 1.08 bits per heavy atom. The van der Waals surface area contributed by atoms with E-state index < -0.39 is 5.82 Å². The molecule has 1 aliphatic rings. The van der Waals surface area contributed by atoms with Crippen molar-refractivity contribution in [3.05, 3.63) is 71.5 Å². The molecule has 2 atom stereocenters. The number of hydrogen-bond donors (Lipinski definition) is 1. The molecule has 0 saturated carbocycles. The number of ether oxygens (including phenoxy) is 1. The van der Waals surface area contributed by atoms with Crippen LogP contribution in [0.15, 0.2) is 54.6 Å². The monoisotopic (exact) mass is 342 g/mol. The lowest BCUT2D eigenvalue weighted by atomic mass is 9.97. The van der Waals surface area contributed by atoms with Gasteiger partial charge in [0, 0.05) is 19.1 Å². The molecule has 132 valence electrons. The molecule has 2 aromatic rings. The van der Waals surface area contributed by atoms with Crippen molar-refractivity contribution in [2.75, 3.05) is 26.3 Å². The van der Waals surface area contributed by atoms with Crippen LogP contribution < -0.4 is 5.32 Å². The van der Waals surface area contributed by atoms with Crippen molar-refractivity contribution in [1.82, 2.24) is 10.2 Å². The number of hydrogen-bond acceptors (Lipinski definition) is 3. The summed E-state index contributed by atoms with van der Waals surface area (Å²) in [6.45, 7) is 4.93. The topological polar surface area (TPSA) is 41.6 Å². The van der Waals surface area contributed by atoms with E-state index in [2.05, 4.69) is 22.3 Å². The molecule has 0 bridgehead atoms. The lowest BCUT2D eigenvalue weighted by Gasteiger charge is -2.38. The number of benzene rings is 2. The third kappa shape index (κ3) is 4.24. The molecule has 4 nitrogen and oxygen atoms in total. The first-order valence-corrected chi connectivity index (χ1v) is 8.59. The van der Waals surface area contributed by atoms with Crippen LogP contribution in [0.1, 0.15) is 28.9 Å². The standard InChI is InChI=1S/C20H23FN2O2/c1-15(22-20(24)17-9-5-6-10-18(17)21)19(16-7-3-2-4-8-16)23-11-13-25-14-12-23/h2-10,15,19H,11-14H2,1H3,(H,22,24)/t15-,19-/m1/s1. The average molecular weight is 342 g/mol. The van der Waals surface area contributed by atoms with Crippen molar-refractivity contribution < 1.29 is 13.9 Å². The molecule has 0 spiro atoms. The predicted molar refractivity (Wildman–Crippen MR) is 94.9 cm³/mol. The van der Waals surface area contributed by atoms with Gasteiger partial charge in [-0.25, -0.2) is 4.39 Å². The Labute approximate surface area is 147 Å². The summed E-state index contributed by atoms with van der Waals surface area (Å²) in [6.07, 6.45) is 0. The summed E-state index contributed by atoms with van der Waals surface area (Å²) >= 11 is 0. The van der Waals surface area contributed by atoms with Gasteiger partial charge in [0.25, 0.3) is 5.91 Å². The minimum atomic E-state index is -0.505. The smallest absolute Gasteiger partial charge is 0.254 e. The van der Waals surface area contributed by atoms with Gasteiger partial charge in [0.1, 0.15) is 5.82 Å². The Hall–Kier alpha value is -2.24. The minimum absolute atomic E-state index is 0.0147. The molecule has 0 unspecified atom stereocenters. The van der Waals surface area contributed by atoms with Gasteiger partial charge in [0.15, 0.2) is 0 Å². The number of nitrogens with zero attached hydrogens (tertiary/aromatic N) is 1. The quantitative estimate of drug-likeness (QED) is 0.908. The van der Waals surface area contributed by atoms with Gasteiger partial charge in [-0.1, -0.05) is 42.5 Å². The molecule has 25 heavy (non-hydrogen) atoms. The maximum atomic E-state index is 13.9. The first kappa shape index (κ1) is 17.6. The fraction of sp³-hybridized carbons (Fsp3) is 0.350. The highest BCUT2D eigenvalue weighted by Crippen LogP contribution is 2.25. The number of amides is 1. The number of halogens is 1. The number of nitrogens with one attached hydrogen (secondary N) is 1. The van der Waals surface area contributed by atoms with Gasteiger partial charge in [0.05, 0.1) is 24.8 Å². The molecule has 5 heteroatoms. The molecular weight excluding hydrogens is 319 g/mol. The molecule has 1 fully saturated rings. The normalized spacial score (nSPS) is 17.7. The van der Waals surface area contributed by atoms with Crippen LogP contribution in [0.25, 0.3) is 0 Å². The van der Waals surface area contributed by atoms with Crippen molar-refractivity contribution in [3.8, 4) is 0 Å². The number of carbonyl (C=O) groups is 1. The zero-order chi connectivity index (χ0) is 17.6. The van der Waals surface area contributed by atoms with E-state index >= 15 is 0 Å². The highest BCUT2D eigenvalue weighted by molar-refractivity contribution is 5.94. The van der Waals surface area contributed by atoms with E-state index in [1.165, 1.54) is 12.1 Å². The van der Waals surface area contributed by atoms with Crippen molar-refractivity contribution in [1.29, 1.82) is 0 Å². The summed E-state index contributed by atoms with van der Waals surface area (Å²) in [5.41, 5.74) is 1.20. The molecule has 0 aliphatic carbocycles. The van der Waals surface area contributed by atoms with Crippen LogP contribution in [0.4, 0.5) is 4.39 Å². The molecule has 0 radical (unpaired) electrons. The summed E-state index contributed by atoms with van der Waals surface area (Å²) in [5, 5.41) is 2.97. The van der Waals surface area contributed by atoms with E-state index in [0.717, 1.165) is 18.7 Å². The van der Waals surface area contributed by atoms with Gasteiger partial charge in [-0.2, -0.15) is 0 Å². The Bertz CT molecular complexity index is 702. The van der Waals surface area contributed by atoms with Crippen LogP contribution in [0, 0.1) is 5.82 Å². The third-order valence-corrected chi connectivity index (χ3v) is 4.53. The second-order valence-corrected chi connectivity index (χ2v) is 6.25. The fourth-order valence-electron chi connectivity index (χ4n) is 3.33. The molecule has 1 N–H and O–H groups in total. The number of morpholine rings is 1. The molecule has 3 rings (SSSR count). The van der Waals surface area contributed by atoms with Gasteiger partial charge >= 0.3 is 0 Å². The van der Waals surface area contributed by atoms with Gasteiger partial charge in [-0.3, -0.25) is 9.69 Å². The summed E-state index contributed by atoms with van der Waals surface area (Å²) < 4.78 is 19.3. The second kappa shape index (κ2) is 8.23. The third-order valence-electron chi connectivity index (χ3n) is 4.53. The van der Waals surface area contributed by atoms with E-state index in [1.54, 1.807) is 12.1 Å². The Kier molecular flexibility index (Phi) is 5.79. The SMILES string of the molecule is C[C@@H](NC(=O)c1ccccc1F)[C@H](c1ccccc1)N1CCOCC1. The van der Waals surface area contributed by atoms with E-state index in [4.69, 9.17) is 4.74 Å². The Morgan fingerprint density at radius 2 is 1.72 bits per heavy atom. The van der Waals surface area contributed by atoms with Crippen molar-refractivity contribution in [3.63, 3.8) is 0 Å². The van der Waals surface area contributed by atoms with Gasteiger partial charge < -0.3 is 10.1 Å². The molecule has 0 aromatic heterocycles. The van der Waals surface area contributed by atoms with Gasteiger partial charge in [0.2, 0.25) is 0 Å². The van der Waals surface area contributed by atoms with Gasteiger partial charge in [-0.05, 0) is 24.6 Å². The largest absolute Gasteiger partial charge is 0.379 e. The molecule has 1 amide bonds. The lowest BCUT2D eigenvalue weighted by molar-refractivity contribution is 0.00887. The maximum absolute atomic E-state index is 13.9. The second-order valence-electron chi connectivity index (χ2n) is 6.25. The van der Waals surface area contributed by atoms with Crippen molar-refractivity contribution in [2.45, 2.75) is 19.0 Å². The Morgan fingerprint density at radius 3 is 2.40 bits per heavy atom. The molecule has 1 heterocycles. The van der Waals surface area contributed by atoms with E-state index in [1.807, 2.05) is 25.1 Å². The van der Waals surface area contributed by atoms with Crippen molar-refractivity contribution >= 4 is 5.91 Å². The van der Waals surface area contributed by atoms with Crippen LogP contribution in [0.3, 0.4) is 0 Å². The Balaban J connectivity index is 1.80. The summed E-state index contributed by atoms with van der Waals surface area (Å²) in [5.74, 6) is -0.894. The summed E-state index contributed by atoms with van der Waals surface area (Å²) in [4.78, 5) is 14.8. The fourth-order valence-corrected chi connectivity index (χ4v) is 3.33. The van der Waals surface area contributed by atoms with Crippen LogP contribution in [-0.4, -0.2) is 43.2 Å². The van der Waals surface area contributed by atoms with E-state index in [9.17, 15) is 9.18 Å². The van der Waals surface area contributed by atoms with Crippen LogP contribution in [0.2, 0.25) is 0 Å². The molecular formula is C20H23FN2O2. The summed E-state index contributed by atoms with van der Waals surface area (Å²) in [7, 11) is 0. The lowest BCUT2D eigenvalue weighted by Crippen LogP contribution is -2.48. The van der Waals surface area contributed by atoms with Crippen molar-refractivity contribution in [2.24, 2.45) is 0 Å². The number of rotatable bonds is 5. The highest BCUT2D eigenvalue weighted by Gasteiger charge is 2.29. The van der Waals surface area contributed by atoms with Gasteiger partial charge in [-0.15, -0.1) is 0 Å². The maximum Gasteiger partial charge on any atom is 0.254 e.